The molecule has 2 heterocycles. The zero-order valence-corrected chi connectivity index (χ0v) is 11.7. The Morgan fingerprint density at radius 2 is 1.71 bits per heavy atom. The number of hydrogen-bond donors (Lipinski definition) is 1. The average Bonchev–Trinajstić information content (AvgIpc) is 3.04. The van der Waals surface area contributed by atoms with Gasteiger partial charge in [-0.25, -0.2) is 0 Å². The summed E-state index contributed by atoms with van der Waals surface area (Å²) in [5.41, 5.74) is 2.10. The minimum Gasteiger partial charge on any atom is -0.368 e. The van der Waals surface area contributed by atoms with Gasteiger partial charge >= 0.3 is 0 Å². The van der Waals surface area contributed by atoms with Gasteiger partial charge in [-0.3, -0.25) is 9.59 Å². The number of carbonyl (C=O) groups is 2. The zero-order valence-electron chi connectivity index (χ0n) is 11.7. The number of aromatic nitrogens is 1. The van der Waals surface area contributed by atoms with Gasteiger partial charge in [-0.15, -0.1) is 0 Å². The maximum absolute atomic E-state index is 12.3. The highest BCUT2D eigenvalue weighted by atomic mass is 16.2. The van der Waals surface area contributed by atoms with Crippen molar-refractivity contribution in [1.29, 1.82) is 0 Å². The molecule has 0 unspecified atom stereocenters. The molecule has 5 heteroatoms. The zero-order chi connectivity index (χ0) is 14.7. The van der Waals surface area contributed by atoms with E-state index in [4.69, 9.17) is 0 Å². The van der Waals surface area contributed by atoms with Crippen molar-refractivity contribution in [2.45, 2.75) is 0 Å². The van der Waals surface area contributed by atoms with E-state index in [0.29, 0.717) is 30.8 Å². The third-order valence-electron chi connectivity index (χ3n) is 3.75. The molecule has 0 aliphatic carbocycles. The summed E-state index contributed by atoms with van der Waals surface area (Å²) in [6, 6.07) is 13.5. The lowest BCUT2D eigenvalue weighted by atomic mass is 10.2. The van der Waals surface area contributed by atoms with Gasteiger partial charge in [0.25, 0.3) is 5.91 Å². The summed E-state index contributed by atoms with van der Waals surface area (Å²) in [5, 5.41) is 0. The summed E-state index contributed by atoms with van der Waals surface area (Å²) in [4.78, 5) is 29.9. The second kappa shape index (κ2) is 5.83. The highest BCUT2D eigenvalue weighted by Crippen LogP contribution is 2.16. The number of nitrogens with zero attached hydrogens (tertiary/aromatic N) is 2. The Bertz CT molecular complexity index is 628. The molecule has 3 rings (SSSR count). The molecule has 1 aliphatic rings. The summed E-state index contributed by atoms with van der Waals surface area (Å²) in [5.74, 6) is -0.0455. The largest absolute Gasteiger partial charge is 0.368 e. The van der Waals surface area contributed by atoms with Crippen LogP contribution in [0.1, 0.15) is 21.0 Å². The number of amides is 1. The van der Waals surface area contributed by atoms with Crippen LogP contribution in [0.2, 0.25) is 0 Å². The number of carbonyl (C=O) groups excluding carboxylic acids is 2. The predicted octanol–water partition coefficient (Wildman–Crippen LogP) is 1.79. The summed E-state index contributed by atoms with van der Waals surface area (Å²) in [6.45, 7) is 3.00. The molecular weight excluding hydrogens is 266 g/mol. The average molecular weight is 283 g/mol. The number of benzene rings is 1. The van der Waals surface area contributed by atoms with Crippen LogP contribution in [0.25, 0.3) is 0 Å². The molecule has 2 aromatic rings. The molecule has 1 aromatic heterocycles. The van der Waals surface area contributed by atoms with Crippen molar-refractivity contribution in [2.75, 3.05) is 31.1 Å². The van der Waals surface area contributed by atoms with Gasteiger partial charge in [-0.1, -0.05) is 18.2 Å². The van der Waals surface area contributed by atoms with Gasteiger partial charge in [0.15, 0.2) is 6.29 Å². The van der Waals surface area contributed by atoms with Crippen LogP contribution in [-0.4, -0.2) is 48.3 Å². The van der Waals surface area contributed by atoms with E-state index in [2.05, 4.69) is 22.0 Å². The SMILES string of the molecule is O=Cc1ccc(C(=O)N2CCN(c3ccccc3)CC2)[nH]1. The van der Waals surface area contributed by atoms with Crippen molar-refractivity contribution in [2.24, 2.45) is 0 Å². The van der Waals surface area contributed by atoms with E-state index in [1.807, 2.05) is 23.1 Å². The Morgan fingerprint density at radius 1 is 1.00 bits per heavy atom. The molecule has 0 bridgehead atoms. The van der Waals surface area contributed by atoms with Crippen molar-refractivity contribution < 1.29 is 9.59 Å². The lowest BCUT2D eigenvalue weighted by molar-refractivity contribution is 0.0741. The molecule has 0 spiro atoms. The van der Waals surface area contributed by atoms with Gasteiger partial charge in [0, 0.05) is 31.9 Å². The first kappa shape index (κ1) is 13.4. The fraction of sp³-hybridized carbons (Fsp3) is 0.250. The summed E-state index contributed by atoms with van der Waals surface area (Å²) >= 11 is 0. The molecule has 1 aromatic carbocycles. The summed E-state index contributed by atoms with van der Waals surface area (Å²) in [6.07, 6.45) is 0.712. The Hall–Kier alpha value is -2.56. The van der Waals surface area contributed by atoms with Crippen LogP contribution >= 0.6 is 0 Å². The van der Waals surface area contributed by atoms with Crippen LogP contribution in [0, 0.1) is 0 Å². The molecule has 1 saturated heterocycles. The number of H-pyrrole nitrogens is 1. The molecule has 1 amide bonds. The fourth-order valence-electron chi connectivity index (χ4n) is 2.58. The molecule has 0 saturated carbocycles. The van der Waals surface area contributed by atoms with Crippen molar-refractivity contribution in [1.82, 2.24) is 9.88 Å². The van der Waals surface area contributed by atoms with Crippen molar-refractivity contribution in [3.63, 3.8) is 0 Å². The number of para-hydroxylation sites is 1. The van der Waals surface area contributed by atoms with E-state index in [9.17, 15) is 9.59 Å². The van der Waals surface area contributed by atoms with Crippen LogP contribution in [0.5, 0.6) is 0 Å². The summed E-state index contributed by atoms with van der Waals surface area (Å²) in [7, 11) is 0. The Balaban J connectivity index is 1.63. The van der Waals surface area contributed by atoms with E-state index in [-0.39, 0.29) is 5.91 Å². The molecule has 1 N–H and O–H groups in total. The van der Waals surface area contributed by atoms with E-state index in [1.54, 1.807) is 12.1 Å². The number of piperazine rings is 1. The minimum atomic E-state index is -0.0455. The normalized spacial score (nSPS) is 15.0. The second-order valence-electron chi connectivity index (χ2n) is 5.06. The Morgan fingerprint density at radius 3 is 2.33 bits per heavy atom. The number of anilines is 1. The first-order chi connectivity index (χ1) is 10.3. The molecular formula is C16H17N3O2. The Kier molecular flexibility index (Phi) is 3.73. The van der Waals surface area contributed by atoms with Gasteiger partial charge < -0.3 is 14.8 Å². The predicted molar refractivity (Wildman–Crippen MR) is 80.7 cm³/mol. The minimum absolute atomic E-state index is 0.0455. The van der Waals surface area contributed by atoms with Gasteiger partial charge in [0.1, 0.15) is 5.69 Å². The standard InChI is InChI=1S/C16H17N3O2/c20-12-13-6-7-15(17-13)16(21)19-10-8-18(9-11-19)14-4-2-1-3-5-14/h1-7,12,17H,8-11H2. The second-order valence-corrected chi connectivity index (χ2v) is 5.06. The molecule has 0 radical (unpaired) electrons. The van der Waals surface area contributed by atoms with Crippen LogP contribution < -0.4 is 4.90 Å². The smallest absolute Gasteiger partial charge is 0.270 e. The first-order valence-electron chi connectivity index (χ1n) is 7.01. The fourth-order valence-corrected chi connectivity index (χ4v) is 2.58. The van der Waals surface area contributed by atoms with Gasteiger partial charge in [0.05, 0.1) is 5.69 Å². The highest BCUT2D eigenvalue weighted by Gasteiger charge is 2.23. The van der Waals surface area contributed by atoms with Crippen LogP contribution in [0.15, 0.2) is 42.5 Å². The van der Waals surface area contributed by atoms with Crippen LogP contribution in [0.4, 0.5) is 5.69 Å². The molecule has 1 fully saturated rings. The quantitative estimate of drug-likeness (QED) is 0.874. The first-order valence-corrected chi connectivity index (χ1v) is 7.01. The van der Waals surface area contributed by atoms with E-state index < -0.39 is 0 Å². The van der Waals surface area contributed by atoms with E-state index >= 15 is 0 Å². The van der Waals surface area contributed by atoms with Crippen molar-refractivity contribution in [3.05, 3.63) is 53.9 Å². The maximum Gasteiger partial charge on any atom is 0.270 e. The number of aldehydes is 1. The monoisotopic (exact) mass is 283 g/mol. The lowest BCUT2D eigenvalue weighted by Gasteiger charge is -2.36. The molecule has 5 nitrogen and oxygen atoms in total. The third-order valence-corrected chi connectivity index (χ3v) is 3.75. The molecule has 21 heavy (non-hydrogen) atoms. The highest BCUT2D eigenvalue weighted by molar-refractivity contribution is 5.93. The third kappa shape index (κ3) is 2.81. The molecule has 108 valence electrons. The van der Waals surface area contributed by atoms with Gasteiger partial charge in [-0.05, 0) is 24.3 Å². The number of hydrogen-bond acceptors (Lipinski definition) is 3. The Labute approximate surface area is 123 Å². The van der Waals surface area contributed by atoms with E-state index in [0.717, 1.165) is 13.1 Å². The van der Waals surface area contributed by atoms with Crippen LogP contribution in [-0.2, 0) is 0 Å². The van der Waals surface area contributed by atoms with Gasteiger partial charge in [-0.2, -0.15) is 0 Å². The van der Waals surface area contributed by atoms with Crippen molar-refractivity contribution >= 4 is 17.9 Å². The lowest BCUT2D eigenvalue weighted by Crippen LogP contribution is -2.48. The van der Waals surface area contributed by atoms with Gasteiger partial charge in [0.2, 0.25) is 0 Å². The summed E-state index contributed by atoms with van der Waals surface area (Å²) < 4.78 is 0. The molecule has 1 aliphatic heterocycles. The molecule has 0 atom stereocenters. The van der Waals surface area contributed by atoms with Crippen molar-refractivity contribution in [3.8, 4) is 0 Å². The number of aromatic amines is 1. The van der Waals surface area contributed by atoms with Crippen LogP contribution in [0.3, 0.4) is 0 Å². The maximum atomic E-state index is 12.3. The number of rotatable bonds is 3. The number of nitrogens with one attached hydrogen (secondary N) is 1. The topological polar surface area (TPSA) is 56.4 Å². The van der Waals surface area contributed by atoms with E-state index in [1.165, 1.54) is 5.69 Å².